The molecule has 3 rings (SSSR count). The maximum absolute atomic E-state index is 12.3. The van der Waals surface area contributed by atoms with Crippen molar-refractivity contribution in [2.45, 2.75) is 12.5 Å². The molecule has 1 unspecified atom stereocenters. The number of pyridine rings is 2. The first kappa shape index (κ1) is 14.0. The Morgan fingerprint density at radius 2 is 2.24 bits per heavy atom. The van der Waals surface area contributed by atoms with Crippen molar-refractivity contribution in [1.29, 1.82) is 0 Å². The van der Waals surface area contributed by atoms with E-state index in [0.29, 0.717) is 24.5 Å². The number of hydrogen-bond acceptors (Lipinski definition) is 4. The van der Waals surface area contributed by atoms with E-state index in [0.717, 1.165) is 10.9 Å². The van der Waals surface area contributed by atoms with Crippen molar-refractivity contribution in [2.75, 3.05) is 13.1 Å². The van der Waals surface area contributed by atoms with Crippen LogP contribution in [-0.2, 0) is 0 Å². The Kier molecular flexibility index (Phi) is 4.15. The number of carbonyl (C=O) groups is 1. The van der Waals surface area contributed by atoms with Crippen LogP contribution in [0.5, 0.6) is 5.88 Å². The summed E-state index contributed by atoms with van der Waals surface area (Å²) in [4.78, 5) is 22.3. The Morgan fingerprint density at radius 3 is 2.95 bits per heavy atom. The number of aromatic nitrogens is 2. The van der Waals surface area contributed by atoms with Gasteiger partial charge in [-0.2, -0.15) is 0 Å². The summed E-state index contributed by atoms with van der Waals surface area (Å²) in [6.45, 7) is 1.26. The average molecular weight is 348 g/mol. The highest BCUT2D eigenvalue weighted by Gasteiger charge is 2.28. The van der Waals surface area contributed by atoms with E-state index < -0.39 is 0 Å². The Balaban J connectivity index is 1.60. The molecule has 6 heteroatoms. The molecule has 0 N–H and O–H groups in total. The summed E-state index contributed by atoms with van der Waals surface area (Å²) < 4.78 is 6.72. The molecule has 1 atom stereocenters. The second-order valence-electron chi connectivity index (χ2n) is 4.84. The maximum Gasteiger partial charge on any atom is 0.255 e. The standard InChI is InChI=1S/C15H14BrN3O2/c16-12-3-4-14(18-9-12)21-13-5-7-19(10-13)15(20)11-2-1-6-17-8-11/h1-4,6,8-9,13H,5,7,10H2. The highest BCUT2D eigenvalue weighted by atomic mass is 79.9. The Hall–Kier alpha value is -1.95. The monoisotopic (exact) mass is 347 g/mol. The Labute approximate surface area is 131 Å². The molecule has 0 aliphatic carbocycles. The zero-order valence-electron chi connectivity index (χ0n) is 11.3. The molecule has 5 nitrogen and oxygen atoms in total. The number of rotatable bonds is 3. The summed E-state index contributed by atoms with van der Waals surface area (Å²) in [5, 5.41) is 0. The van der Waals surface area contributed by atoms with Gasteiger partial charge in [0.05, 0.1) is 12.1 Å². The maximum atomic E-state index is 12.3. The zero-order chi connectivity index (χ0) is 14.7. The van der Waals surface area contributed by atoms with E-state index in [2.05, 4.69) is 25.9 Å². The molecule has 1 saturated heterocycles. The van der Waals surface area contributed by atoms with Crippen LogP contribution in [0.1, 0.15) is 16.8 Å². The lowest BCUT2D eigenvalue weighted by Gasteiger charge is -2.16. The first-order valence-corrected chi connectivity index (χ1v) is 7.49. The lowest BCUT2D eigenvalue weighted by Crippen LogP contribution is -2.31. The van der Waals surface area contributed by atoms with Crippen molar-refractivity contribution < 1.29 is 9.53 Å². The van der Waals surface area contributed by atoms with Crippen LogP contribution in [0.2, 0.25) is 0 Å². The van der Waals surface area contributed by atoms with E-state index in [1.165, 1.54) is 0 Å². The highest BCUT2D eigenvalue weighted by Crippen LogP contribution is 2.19. The van der Waals surface area contributed by atoms with E-state index in [9.17, 15) is 4.79 Å². The molecular formula is C15H14BrN3O2. The van der Waals surface area contributed by atoms with E-state index in [1.807, 2.05) is 12.1 Å². The van der Waals surface area contributed by atoms with Crippen molar-refractivity contribution >= 4 is 21.8 Å². The number of ether oxygens (including phenoxy) is 1. The summed E-state index contributed by atoms with van der Waals surface area (Å²) in [7, 11) is 0. The molecule has 1 aliphatic heterocycles. The number of nitrogens with zero attached hydrogens (tertiary/aromatic N) is 3. The van der Waals surface area contributed by atoms with E-state index >= 15 is 0 Å². The predicted octanol–water partition coefficient (Wildman–Crippen LogP) is 2.53. The molecule has 1 fully saturated rings. The van der Waals surface area contributed by atoms with Crippen LogP contribution >= 0.6 is 15.9 Å². The van der Waals surface area contributed by atoms with Crippen molar-refractivity contribution in [2.24, 2.45) is 0 Å². The van der Waals surface area contributed by atoms with Gasteiger partial charge in [-0.1, -0.05) is 0 Å². The molecule has 1 amide bonds. The van der Waals surface area contributed by atoms with Crippen LogP contribution in [0.15, 0.2) is 47.3 Å². The minimum atomic E-state index is -0.0145. The molecule has 0 spiro atoms. The van der Waals surface area contributed by atoms with Gasteiger partial charge in [-0.15, -0.1) is 0 Å². The molecule has 0 saturated carbocycles. The minimum Gasteiger partial charge on any atom is -0.472 e. The molecule has 21 heavy (non-hydrogen) atoms. The zero-order valence-corrected chi connectivity index (χ0v) is 12.9. The smallest absolute Gasteiger partial charge is 0.255 e. The molecule has 1 aliphatic rings. The van der Waals surface area contributed by atoms with Gasteiger partial charge in [-0.3, -0.25) is 9.78 Å². The van der Waals surface area contributed by atoms with E-state index in [-0.39, 0.29) is 12.0 Å². The summed E-state index contributed by atoms with van der Waals surface area (Å²) in [6, 6.07) is 7.24. The molecular weight excluding hydrogens is 334 g/mol. The topological polar surface area (TPSA) is 55.3 Å². The number of amides is 1. The first-order valence-electron chi connectivity index (χ1n) is 6.70. The number of carbonyl (C=O) groups excluding carboxylic acids is 1. The van der Waals surface area contributed by atoms with Crippen molar-refractivity contribution in [3.63, 3.8) is 0 Å². The molecule has 2 aromatic rings. The molecule has 0 aromatic carbocycles. The molecule has 2 aromatic heterocycles. The van der Waals surface area contributed by atoms with Gasteiger partial charge in [0.1, 0.15) is 6.10 Å². The number of halogens is 1. The van der Waals surface area contributed by atoms with Gasteiger partial charge in [0.2, 0.25) is 5.88 Å². The largest absolute Gasteiger partial charge is 0.472 e. The van der Waals surface area contributed by atoms with Crippen LogP contribution in [0.3, 0.4) is 0 Å². The van der Waals surface area contributed by atoms with Crippen LogP contribution in [-0.4, -0.2) is 40.0 Å². The molecule has 0 radical (unpaired) electrons. The molecule has 0 bridgehead atoms. The Morgan fingerprint density at radius 1 is 1.33 bits per heavy atom. The van der Waals surface area contributed by atoms with Crippen molar-refractivity contribution in [3.8, 4) is 5.88 Å². The lowest BCUT2D eigenvalue weighted by atomic mass is 10.2. The lowest BCUT2D eigenvalue weighted by molar-refractivity contribution is 0.0771. The fraction of sp³-hybridized carbons (Fsp3) is 0.267. The predicted molar refractivity (Wildman–Crippen MR) is 81.1 cm³/mol. The van der Waals surface area contributed by atoms with E-state index in [4.69, 9.17) is 4.74 Å². The second-order valence-corrected chi connectivity index (χ2v) is 5.75. The minimum absolute atomic E-state index is 0.00188. The van der Waals surface area contributed by atoms with Gasteiger partial charge in [0.25, 0.3) is 5.91 Å². The first-order chi connectivity index (χ1) is 10.2. The van der Waals surface area contributed by atoms with Gasteiger partial charge < -0.3 is 9.64 Å². The number of hydrogen-bond donors (Lipinski definition) is 0. The second kappa shape index (κ2) is 6.22. The molecule has 108 valence electrons. The van der Waals surface area contributed by atoms with E-state index in [1.54, 1.807) is 35.6 Å². The summed E-state index contributed by atoms with van der Waals surface area (Å²) in [5.41, 5.74) is 0.611. The Bertz CT molecular complexity index is 619. The van der Waals surface area contributed by atoms with Crippen LogP contribution in [0.4, 0.5) is 0 Å². The summed E-state index contributed by atoms with van der Waals surface area (Å²) in [5.74, 6) is 0.580. The highest BCUT2D eigenvalue weighted by molar-refractivity contribution is 9.10. The number of likely N-dealkylation sites (tertiary alicyclic amines) is 1. The fourth-order valence-electron chi connectivity index (χ4n) is 2.28. The third kappa shape index (κ3) is 3.39. The third-order valence-corrected chi connectivity index (χ3v) is 3.80. The molecule has 3 heterocycles. The summed E-state index contributed by atoms with van der Waals surface area (Å²) >= 11 is 3.34. The van der Waals surface area contributed by atoms with Gasteiger partial charge in [-0.05, 0) is 34.1 Å². The van der Waals surface area contributed by atoms with Crippen LogP contribution in [0.25, 0.3) is 0 Å². The van der Waals surface area contributed by atoms with Gasteiger partial charge in [0.15, 0.2) is 0 Å². The fourth-order valence-corrected chi connectivity index (χ4v) is 2.52. The SMILES string of the molecule is O=C(c1cccnc1)N1CCC(Oc2ccc(Br)cn2)C1. The average Bonchev–Trinajstić information content (AvgIpc) is 2.98. The summed E-state index contributed by atoms with van der Waals surface area (Å²) in [6.07, 6.45) is 5.74. The van der Waals surface area contributed by atoms with Gasteiger partial charge in [-0.25, -0.2) is 4.98 Å². The normalized spacial score (nSPS) is 17.8. The van der Waals surface area contributed by atoms with Gasteiger partial charge in [0, 0.05) is 42.1 Å². The van der Waals surface area contributed by atoms with Crippen molar-refractivity contribution in [1.82, 2.24) is 14.9 Å². The van der Waals surface area contributed by atoms with Gasteiger partial charge >= 0.3 is 0 Å². The van der Waals surface area contributed by atoms with Crippen LogP contribution < -0.4 is 4.74 Å². The van der Waals surface area contributed by atoms with Crippen molar-refractivity contribution in [3.05, 3.63) is 52.9 Å². The third-order valence-electron chi connectivity index (χ3n) is 3.33. The quantitative estimate of drug-likeness (QED) is 0.855. The van der Waals surface area contributed by atoms with Crippen LogP contribution in [0, 0.1) is 0 Å².